The molecule has 0 aromatic heterocycles. The van der Waals surface area contributed by atoms with Crippen LogP contribution in [-0.4, -0.2) is 21.4 Å². The average molecular weight is 361 g/mol. The third-order valence-corrected chi connectivity index (χ3v) is 6.15. The van der Waals surface area contributed by atoms with Crippen LogP contribution in [0.25, 0.3) is 0 Å². The number of hydrogen-bond acceptors (Lipinski definition) is 3. The largest absolute Gasteiger partial charge is 0.508 e. The Morgan fingerprint density at radius 3 is 2.31 bits per heavy atom. The van der Waals surface area contributed by atoms with E-state index in [-0.39, 0.29) is 34.9 Å². The summed E-state index contributed by atoms with van der Waals surface area (Å²) in [5, 5.41) is 31.7. The summed E-state index contributed by atoms with van der Waals surface area (Å²) in [5.41, 5.74) is 2.49. The minimum absolute atomic E-state index is 0.0893. The highest BCUT2D eigenvalue weighted by atomic mass is 16.3. The maximum atomic E-state index is 10.8. The Hall–Kier alpha value is -1.48. The molecule has 2 rings (SSSR count). The zero-order chi connectivity index (χ0) is 19.5. The third kappa shape index (κ3) is 4.62. The van der Waals surface area contributed by atoms with Gasteiger partial charge in [-0.3, -0.25) is 0 Å². The van der Waals surface area contributed by atoms with Crippen LogP contribution in [0, 0.1) is 5.92 Å². The molecule has 0 heterocycles. The Balaban J connectivity index is 2.35. The Kier molecular flexibility index (Phi) is 6.79. The Morgan fingerprint density at radius 2 is 1.77 bits per heavy atom. The van der Waals surface area contributed by atoms with E-state index in [1.54, 1.807) is 0 Å². The van der Waals surface area contributed by atoms with Crippen molar-refractivity contribution in [2.45, 2.75) is 90.1 Å². The lowest BCUT2D eigenvalue weighted by molar-refractivity contribution is 0.101. The third-order valence-electron chi connectivity index (χ3n) is 6.15. The lowest BCUT2D eigenvalue weighted by Gasteiger charge is -2.36. The van der Waals surface area contributed by atoms with Crippen LogP contribution >= 0.6 is 0 Å². The summed E-state index contributed by atoms with van der Waals surface area (Å²) >= 11 is 0. The summed E-state index contributed by atoms with van der Waals surface area (Å²) in [6.45, 7) is 12.6. The van der Waals surface area contributed by atoms with Gasteiger partial charge in [-0.1, -0.05) is 52.2 Å². The van der Waals surface area contributed by atoms with Crippen molar-refractivity contribution in [1.29, 1.82) is 0 Å². The van der Waals surface area contributed by atoms with Gasteiger partial charge in [0.25, 0.3) is 0 Å². The minimum atomic E-state index is -0.389. The SMILES string of the molecule is C=C(C)[C@H]1CCC(O)C[C@@H]1c1c(O)cc(C(C)(C)CCCCC)cc1O. The summed E-state index contributed by atoms with van der Waals surface area (Å²) in [5.74, 6) is 0.384. The number of phenols is 2. The van der Waals surface area contributed by atoms with Crippen molar-refractivity contribution in [2.24, 2.45) is 5.92 Å². The molecular weight excluding hydrogens is 324 g/mol. The van der Waals surface area contributed by atoms with Gasteiger partial charge in [-0.2, -0.15) is 0 Å². The van der Waals surface area contributed by atoms with Crippen molar-refractivity contribution < 1.29 is 15.3 Å². The molecule has 3 atom stereocenters. The zero-order valence-corrected chi connectivity index (χ0v) is 16.9. The number of phenolic OH excluding ortho intramolecular Hbond substituents is 2. The zero-order valence-electron chi connectivity index (χ0n) is 16.9. The van der Waals surface area contributed by atoms with E-state index in [1.807, 2.05) is 19.1 Å². The van der Waals surface area contributed by atoms with Crippen LogP contribution in [-0.2, 0) is 5.41 Å². The van der Waals surface area contributed by atoms with Crippen LogP contribution < -0.4 is 0 Å². The summed E-state index contributed by atoms with van der Waals surface area (Å²) in [6.07, 6.45) is 6.28. The molecule has 3 N–H and O–H groups in total. The Morgan fingerprint density at radius 1 is 1.15 bits per heavy atom. The maximum absolute atomic E-state index is 10.8. The molecule has 3 nitrogen and oxygen atoms in total. The van der Waals surface area contributed by atoms with Gasteiger partial charge in [0, 0.05) is 11.5 Å². The first-order valence-electron chi connectivity index (χ1n) is 10.1. The topological polar surface area (TPSA) is 60.7 Å². The van der Waals surface area contributed by atoms with Gasteiger partial charge < -0.3 is 15.3 Å². The molecule has 0 saturated heterocycles. The number of aromatic hydroxyl groups is 2. The predicted molar refractivity (Wildman–Crippen MR) is 108 cm³/mol. The first kappa shape index (κ1) is 20.8. The van der Waals surface area contributed by atoms with Gasteiger partial charge in [-0.05, 0) is 61.6 Å². The first-order chi connectivity index (χ1) is 12.2. The second-order valence-electron chi connectivity index (χ2n) is 8.80. The quantitative estimate of drug-likeness (QED) is 0.427. The van der Waals surface area contributed by atoms with E-state index in [0.717, 1.165) is 36.8 Å². The van der Waals surface area contributed by atoms with Gasteiger partial charge in [0.1, 0.15) is 11.5 Å². The van der Waals surface area contributed by atoms with Crippen molar-refractivity contribution in [2.75, 3.05) is 0 Å². The van der Waals surface area contributed by atoms with Crippen LogP contribution in [0.2, 0.25) is 0 Å². The van der Waals surface area contributed by atoms with Gasteiger partial charge >= 0.3 is 0 Å². The highest BCUT2D eigenvalue weighted by molar-refractivity contribution is 5.51. The van der Waals surface area contributed by atoms with Crippen LogP contribution in [0.15, 0.2) is 24.3 Å². The minimum Gasteiger partial charge on any atom is -0.508 e. The van der Waals surface area contributed by atoms with Gasteiger partial charge in [0.05, 0.1) is 6.10 Å². The number of aliphatic hydroxyl groups is 1. The van der Waals surface area contributed by atoms with Crippen molar-refractivity contribution in [1.82, 2.24) is 0 Å². The molecule has 0 spiro atoms. The molecule has 26 heavy (non-hydrogen) atoms. The van der Waals surface area contributed by atoms with Gasteiger partial charge in [-0.25, -0.2) is 0 Å². The molecule has 1 unspecified atom stereocenters. The molecule has 1 aromatic rings. The first-order valence-corrected chi connectivity index (χ1v) is 10.1. The number of benzene rings is 1. The summed E-state index contributed by atoms with van der Waals surface area (Å²) in [7, 11) is 0. The fraction of sp³-hybridized carbons (Fsp3) is 0.652. The average Bonchev–Trinajstić information content (AvgIpc) is 2.54. The van der Waals surface area contributed by atoms with Gasteiger partial charge in [0.15, 0.2) is 0 Å². The van der Waals surface area contributed by atoms with Crippen LogP contribution in [0.3, 0.4) is 0 Å². The standard InChI is InChI=1S/C23H36O3/c1-6-7-8-11-23(4,5)16-12-20(25)22(21(26)13-16)19-14-17(24)9-10-18(19)15(2)3/h12-13,17-19,24-26H,2,6-11,14H2,1,3-5H3/t17?,18-,19+/m1/s1. The number of allylic oxidation sites excluding steroid dienone is 1. The summed E-state index contributed by atoms with van der Waals surface area (Å²) < 4.78 is 0. The van der Waals surface area contributed by atoms with Gasteiger partial charge in [-0.15, -0.1) is 0 Å². The van der Waals surface area contributed by atoms with Gasteiger partial charge in [0.2, 0.25) is 0 Å². The predicted octanol–water partition coefficient (Wildman–Crippen LogP) is 5.78. The van der Waals surface area contributed by atoms with Crippen molar-refractivity contribution in [3.05, 3.63) is 35.4 Å². The van der Waals surface area contributed by atoms with Crippen LogP contribution in [0.5, 0.6) is 11.5 Å². The molecule has 1 aliphatic carbocycles. The highest BCUT2D eigenvalue weighted by Gasteiger charge is 2.35. The molecule has 1 aliphatic rings. The Bertz CT molecular complexity index is 609. The van der Waals surface area contributed by atoms with Crippen molar-refractivity contribution >= 4 is 0 Å². The number of hydrogen-bond donors (Lipinski definition) is 3. The molecule has 1 fully saturated rings. The monoisotopic (exact) mass is 360 g/mol. The smallest absolute Gasteiger partial charge is 0.123 e. The van der Waals surface area contributed by atoms with E-state index in [0.29, 0.717) is 12.0 Å². The summed E-state index contributed by atoms with van der Waals surface area (Å²) in [6, 6.07) is 3.63. The normalized spacial score (nSPS) is 23.8. The van der Waals surface area contributed by atoms with Crippen LogP contribution in [0.4, 0.5) is 0 Å². The van der Waals surface area contributed by atoms with E-state index in [1.165, 1.54) is 12.8 Å². The lowest BCUT2D eigenvalue weighted by atomic mass is 9.70. The fourth-order valence-electron chi connectivity index (χ4n) is 4.41. The second-order valence-corrected chi connectivity index (χ2v) is 8.80. The molecule has 0 radical (unpaired) electrons. The Labute approximate surface area is 158 Å². The van der Waals surface area contributed by atoms with E-state index in [2.05, 4.69) is 27.4 Å². The molecule has 0 bridgehead atoms. The number of aliphatic hydroxyl groups excluding tert-OH is 1. The molecule has 1 aromatic carbocycles. The number of rotatable bonds is 7. The fourth-order valence-corrected chi connectivity index (χ4v) is 4.41. The van der Waals surface area contributed by atoms with E-state index in [9.17, 15) is 15.3 Å². The highest BCUT2D eigenvalue weighted by Crippen LogP contribution is 2.48. The molecule has 0 amide bonds. The van der Waals surface area contributed by atoms with Crippen molar-refractivity contribution in [3.63, 3.8) is 0 Å². The van der Waals surface area contributed by atoms with Crippen molar-refractivity contribution in [3.8, 4) is 11.5 Å². The van der Waals surface area contributed by atoms with E-state index < -0.39 is 0 Å². The maximum Gasteiger partial charge on any atom is 0.123 e. The molecule has 146 valence electrons. The lowest BCUT2D eigenvalue weighted by Crippen LogP contribution is -2.27. The summed E-state index contributed by atoms with van der Waals surface area (Å²) in [4.78, 5) is 0. The van der Waals surface area contributed by atoms with E-state index in [4.69, 9.17) is 0 Å². The molecular formula is C23H36O3. The van der Waals surface area contributed by atoms with E-state index >= 15 is 0 Å². The second kappa shape index (κ2) is 8.47. The number of unbranched alkanes of at least 4 members (excludes halogenated alkanes) is 2. The van der Waals surface area contributed by atoms with Crippen LogP contribution in [0.1, 0.15) is 89.7 Å². The molecule has 1 saturated carbocycles. The molecule has 0 aliphatic heterocycles. The molecule has 3 heteroatoms.